The summed E-state index contributed by atoms with van der Waals surface area (Å²) in [6.45, 7) is 4.98. The van der Waals surface area contributed by atoms with Crippen LogP contribution in [0.2, 0.25) is 0 Å². The van der Waals surface area contributed by atoms with E-state index >= 15 is 0 Å². The molecule has 1 aliphatic carbocycles. The number of hydrogen-bond donors (Lipinski definition) is 2. The van der Waals surface area contributed by atoms with Crippen LogP contribution >= 0.6 is 0 Å². The topological polar surface area (TPSA) is 86.7 Å². The summed E-state index contributed by atoms with van der Waals surface area (Å²) in [5.41, 5.74) is 0. The van der Waals surface area contributed by atoms with Gasteiger partial charge in [-0.15, -0.1) is 0 Å². The quantitative estimate of drug-likeness (QED) is 0.671. The predicted molar refractivity (Wildman–Crippen MR) is 69.4 cm³/mol. The highest BCUT2D eigenvalue weighted by molar-refractivity contribution is 5.91. The number of nitrogens with zero attached hydrogens (tertiary/aromatic N) is 1. The summed E-state index contributed by atoms with van der Waals surface area (Å²) in [6, 6.07) is 0. The average Bonchev–Trinajstić information content (AvgIpc) is 3.15. The van der Waals surface area contributed by atoms with Crippen molar-refractivity contribution in [2.75, 3.05) is 19.6 Å². The van der Waals surface area contributed by atoms with Crippen LogP contribution in [0.25, 0.3) is 0 Å². The molecular weight excluding hydrogens is 248 g/mol. The van der Waals surface area contributed by atoms with Gasteiger partial charge in [-0.1, -0.05) is 13.8 Å². The summed E-state index contributed by atoms with van der Waals surface area (Å²) in [7, 11) is 0. The fraction of sp³-hybridized carbons (Fsp3) is 0.769. The Morgan fingerprint density at radius 1 is 1.21 bits per heavy atom. The molecule has 2 N–H and O–H groups in total. The van der Waals surface area contributed by atoms with Crippen molar-refractivity contribution >= 4 is 17.8 Å². The smallest absolute Gasteiger partial charge is 0.307 e. The van der Waals surface area contributed by atoms with Gasteiger partial charge in [0.25, 0.3) is 0 Å². The molecule has 0 aromatic heterocycles. The summed E-state index contributed by atoms with van der Waals surface area (Å²) < 4.78 is 0. The van der Waals surface area contributed by atoms with E-state index in [4.69, 9.17) is 5.11 Å². The molecule has 0 aromatic rings. The molecule has 1 aliphatic rings. The number of aliphatic carboxylic acids is 1. The van der Waals surface area contributed by atoms with Crippen molar-refractivity contribution in [2.45, 2.75) is 33.1 Å². The van der Waals surface area contributed by atoms with Gasteiger partial charge in [0, 0.05) is 13.1 Å². The Balaban J connectivity index is 2.50. The van der Waals surface area contributed by atoms with E-state index in [0.717, 1.165) is 12.8 Å². The normalized spacial score (nSPS) is 20.7. The van der Waals surface area contributed by atoms with Crippen molar-refractivity contribution in [1.29, 1.82) is 0 Å². The molecule has 0 heterocycles. The van der Waals surface area contributed by atoms with Gasteiger partial charge in [-0.2, -0.15) is 0 Å². The van der Waals surface area contributed by atoms with Crippen LogP contribution < -0.4 is 5.32 Å². The van der Waals surface area contributed by atoms with E-state index in [-0.39, 0.29) is 18.4 Å². The first-order chi connectivity index (χ1) is 9.01. The van der Waals surface area contributed by atoms with Gasteiger partial charge in [0.15, 0.2) is 0 Å². The SMILES string of the molecule is CCCNC(=O)CN(CCC)C(=O)C1CC1C(=O)O. The van der Waals surface area contributed by atoms with Crippen LogP contribution in [0.3, 0.4) is 0 Å². The number of carboxylic acid groups (broad SMARTS) is 1. The van der Waals surface area contributed by atoms with E-state index in [0.29, 0.717) is 19.5 Å². The third-order valence-corrected chi connectivity index (χ3v) is 3.14. The number of hydrogen-bond acceptors (Lipinski definition) is 3. The lowest BCUT2D eigenvalue weighted by molar-refractivity contribution is -0.142. The molecule has 0 bridgehead atoms. The Hall–Kier alpha value is -1.59. The number of carbonyl (C=O) groups is 3. The maximum Gasteiger partial charge on any atom is 0.307 e. The van der Waals surface area contributed by atoms with Crippen molar-refractivity contribution in [3.63, 3.8) is 0 Å². The second kappa shape index (κ2) is 7.11. The van der Waals surface area contributed by atoms with Crippen molar-refractivity contribution < 1.29 is 19.5 Å². The largest absolute Gasteiger partial charge is 0.481 e. The van der Waals surface area contributed by atoms with Crippen LogP contribution in [0, 0.1) is 11.8 Å². The van der Waals surface area contributed by atoms with E-state index in [1.54, 1.807) is 0 Å². The fourth-order valence-electron chi connectivity index (χ4n) is 2.01. The van der Waals surface area contributed by atoms with Gasteiger partial charge in [0.1, 0.15) is 0 Å². The van der Waals surface area contributed by atoms with Gasteiger partial charge in [-0.25, -0.2) is 0 Å². The molecule has 19 heavy (non-hydrogen) atoms. The molecule has 0 aromatic carbocycles. The fourth-order valence-corrected chi connectivity index (χ4v) is 2.01. The lowest BCUT2D eigenvalue weighted by Crippen LogP contribution is -2.42. The molecule has 2 amide bonds. The van der Waals surface area contributed by atoms with E-state index in [2.05, 4.69) is 5.32 Å². The maximum absolute atomic E-state index is 12.1. The van der Waals surface area contributed by atoms with E-state index in [9.17, 15) is 14.4 Å². The maximum atomic E-state index is 12.1. The van der Waals surface area contributed by atoms with Crippen molar-refractivity contribution in [1.82, 2.24) is 10.2 Å². The van der Waals surface area contributed by atoms with Crippen LogP contribution in [-0.4, -0.2) is 47.4 Å². The molecular formula is C13H22N2O4. The first kappa shape index (κ1) is 15.5. The number of nitrogens with one attached hydrogen (secondary N) is 1. The van der Waals surface area contributed by atoms with E-state index in [1.165, 1.54) is 4.90 Å². The van der Waals surface area contributed by atoms with Crippen LogP contribution in [0.4, 0.5) is 0 Å². The number of carbonyl (C=O) groups excluding carboxylic acids is 2. The van der Waals surface area contributed by atoms with Crippen LogP contribution in [0.5, 0.6) is 0 Å². The van der Waals surface area contributed by atoms with Gasteiger partial charge in [-0.05, 0) is 19.3 Å². The Kier molecular flexibility index (Phi) is 5.79. The molecule has 6 nitrogen and oxygen atoms in total. The lowest BCUT2D eigenvalue weighted by atomic mass is 10.2. The highest BCUT2D eigenvalue weighted by Crippen LogP contribution is 2.40. The first-order valence-electron chi connectivity index (χ1n) is 6.79. The third kappa shape index (κ3) is 4.54. The zero-order chi connectivity index (χ0) is 14.4. The standard InChI is InChI=1S/C13H22N2O4/c1-3-5-14-11(16)8-15(6-4-2)12(17)9-7-10(9)13(18)19/h9-10H,3-8H2,1-2H3,(H,14,16)(H,18,19). The Labute approximate surface area is 113 Å². The minimum absolute atomic E-state index is 0.0233. The highest BCUT2D eigenvalue weighted by Gasteiger charge is 2.49. The van der Waals surface area contributed by atoms with Gasteiger partial charge >= 0.3 is 5.97 Å². The van der Waals surface area contributed by atoms with Crippen LogP contribution in [-0.2, 0) is 14.4 Å². The second-order valence-corrected chi connectivity index (χ2v) is 4.90. The second-order valence-electron chi connectivity index (χ2n) is 4.90. The minimum atomic E-state index is -0.926. The van der Waals surface area contributed by atoms with Crippen molar-refractivity contribution in [3.05, 3.63) is 0 Å². The van der Waals surface area contributed by atoms with Gasteiger partial charge in [0.2, 0.25) is 11.8 Å². The molecule has 2 atom stereocenters. The summed E-state index contributed by atoms with van der Waals surface area (Å²) in [6.07, 6.45) is 1.99. The van der Waals surface area contributed by atoms with Crippen LogP contribution in [0.1, 0.15) is 33.1 Å². The molecule has 0 saturated heterocycles. The van der Waals surface area contributed by atoms with Gasteiger partial charge < -0.3 is 15.3 Å². The first-order valence-corrected chi connectivity index (χ1v) is 6.79. The summed E-state index contributed by atoms with van der Waals surface area (Å²) in [4.78, 5) is 36.0. The molecule has 108 valence electrons. The van der Waals surface area contributed by atoms with E-state index in [1.807, 2.05) is 13.8 Å². The Morgan fingerprint density at radius 3 is 2.37 bits per heavy atom. The summed E-state index contributed by atoms with van der Waals surface area (Å²) in [5.74, 6) is -2.32. The highest BCUT2D eigenvalue weighted by atomic mass is 16.4. The average molecular weight is 270 g/mol. The molecule has 1 rings (SSSR count). The number of rotatable bonds is 8. The van der Waals surface area contributed by atoms with Crippen LogP contribution in [0.15, 0.2) is 0 Å². The summed E-state index contributed by atoms with van der Waals surface area (Å²) in [5, 5.41) is 11.6. The monoisotopic (exact) mass is 270 g/mol. The zero-order valence-electron chi connectivity index (χ0n) is 11.5. The number of amides is 2. The Bertz CT molecular complexity index is 357. The Morgan fingerprint density at radius 2 is 1.89 bits per heavy atom. The predicted octanol–water partition coefficient (Wildman–Crippen LogP) is 0.472. The molecule has 1 fully saturated rings. The van der Waals surface area contributed by atoms with E-state index < -0.39 is 17.8 Å². The molecule has 0 aliphatic heterocycles. The molecule has 6 heteroatoms. The van der Waals surface area contributed by atoms with Gasteiger partial charge in [0.05, 0.1) is 18.4 Å². The van der Waals surface area contributed by atoms with Crippen molar-refractivity contribution in [2.24, 2.45) is 11.8 Å². The third-order valence-electron chi connectivity index (χ3n) is 3.14. The lowest BCUT2D eigenvalue weighted by Gasteiger charge is -2.21. The van der Waals surface area contributed by atoms with Crippen molar-refractivity contribution in [3.8, 4) is 0 Å². The molecule has 0 radical (unpaired) electrons. The minimum Gasteiger partial charge on any atom is -0.481 e. The molecule has 0 spiro atoms. The molecule has 1 saturated carbocycles. The van der Waals surface area contributed by atoms with Gasteiger partial charge in [-0.3, -0.25) is 14.4 Å². The number of carboxylic acids is 1. The zero-order valence-corrected chi connectivity index (χ0v) is 11.5. The molecule has 2 unspecified atom stereocenters. The summed E-state index contributed by atoms with van der Waals surface area (Å²) >= 11 is 0.